The van der Waals surface area contributed by atoms with Crippen LogP contribution in [0.2, 0.25) is 5.02 Å². The first kappa shape index (κ1) is 13.8. The number of benzene rings is 2. The summed E-state index contributed by atoms with van der Waals surface area (Å²) in [5.41, 5.74) is 2.36. The Balaban J connectivity index is 2.24. The third-order valence-corrected chi connectivity index (χ3v) is 3.74. The molecule has 0 saturated heterocycles. The Morgan fingerprint density at radius 1 is 1.10 bits per heavy atom. The minimum absolute atomic E-state index is 0.318. The van der Waals surface area contributed by atoms with Gasteiger partial charge in [-0.25, -0.2) is 14.4 Å². The highest BCUT2D eigenvalue weighted by atomic mass is 35.5. The van der Waals surface area contributed by atoms with Crippen molar-refractivity contribution >= 4 is 28.3 Å². The number of halogens is 2. The lowest BCUT2D eigenvalue weighted by molar-refractivity contribution is 0.629. The minimum Gasteiger partial charge on any atom is -0.373 e. The zero-order chi connectivity index (χ0) is 15.0. The Kier molecular flexibility index (Phi) is 3.47. The second kappa shape index (κ2) is 5.30. The fourth-order valence-electron chi connectivity index (χ4n) is 2.21. The average Bonchev–Trinajstić information content (AvgIpc) is 2.48. The third-order valence-electron chi connectivity index (χ3n) is 3.31. The van der Waals surface area contributed by atoms with E-state index in [4.69, 9.17) is 11.6 Å². The van der Waals surface area contributed by atoms with E-state index in [1.807, 2.05) is 25.1 Å². The lowest BCUT2D eigenvalue weighted by Crippen LogP contribution is -1.99. The maximum atomic E-state index is 13.4. The number of rotatable bonds is 2. The van der Waals surface area contributed by atoms with Gasteiger partial charge in [-0.3, -0.25) is 0 Å². The van der Waals surface area contributed by atoms with Crippen LogP contribution in [-0.4, -0.2) is 17.0 Å². The van der Waals surface area contributed by atoms with E-state index >= 15 is 0 Å². The number of nitrogens with one attached hydrogen (secondary N) is 1. The molecule has 3 rings (SSSR count). The van der Waals surface area contributed by atoms with Crippen molar-refractivity contribution < 1.29 is 4.39 Å². The van der Waals surface area contributed by atoms with Gasteiger partial charge in [0.1, 0.15) is 11.6 Å². The number of nitrogens with zero attached hydrogens (tertiary/aromatic N) is 2. The van der Waals surface area contributed by atoms with Crippen molar-refractivity contribution in [1.82, 2.24) is 9.97 Å². The zero-order valence-electron chi connectivity index (χ0n) is 11.6. The van der Waals surface area contributed by atoms with Crippen molar-refractivity contribution in [2.75, 3.05) is 12.4 Å². The number of aromatic nitrogens is 2. The molecule has 1 aromatic heterocycles. The lowest BCUT2D eigenvalue weighted by Gasteiger charge is -2.09. The lowest BCUT2D eigenvalue weighted by atomic mass is 10.1. The number of fused-ring (bicyclic) bond motifs is 1. The number of anilines is 1. The van der Waals surface area contributed by atoms with Gasteiger partial charge in [-0.05, 0) is 42.8 Å². The van der Waals surface area contributed by atoms with Gasteiger partial charge in [-0.1, -0.05) is 11.6 Å². The molecule has 0 aliphatic carbocycles. The molecule has 0 unspecified atom stereocenters. The Hall–Kier alpha value is -2.20. The topological polar surface area (TPSA) is 37.8 Å². The van der Waals surface area contributed by atoms with Gasteiger partial charge in [0.25, 0.3) is 0 Å². The SMILES string of the molecule is CNc1nc(-c2ccc(Cl)c(C)c2)nc2cc(F)ccc12. The van der Waals surface area contributed by atoms with E-state index in [1.54, 1.807) is 13.1 Å². The van der Waals surface area contributed by atoms with Crippen molar-refractivity contribution in [2.45, 2.75) is 6.92 Å². The highest BCUT2D eigenvalue weighted by molar-refractivity contribution is 6.31. The number of hydrogen-bond donors (Lipinski definition) is 1. The first-order valence-electron chi connectivity index (χ1n) is 6.50. The number of aryl methyl sites for hydroxylation is 1. The van der Waals surface area contributed by atoms with Crippen LogP contribution in [0.25, 0.3) is 22.3 Å². The summed E-state index contributed by atoms with van der Waals surface area (Å²) in [7, 11) is 1.78. The molecule has 106 valence electrons. The van der Waals surface area contributed by atoms with Gasteiger partial charge in [0.05, 0.1) is 5.52 Å². The monoisotopic (exact) mass is 301 g/mol. The maximum Gasteiger partial charge on any atom is 0.162 e. The molecule has 0 spiro atoms. The van der Waals surface area contributed by atoms with Gasteiger partial charge < -0.3 is 5.32 Å². The molecule has 2 aromatic carbocycles. The van der Waals surface area contributed by atoms with Crippen LogP contribution < -0.4 is 5.32 Å². The average molecular weight is 302 g/mol. The Morgan fingerprint density at radius 2 is 1.90 bits per heavy atom. The summed E-state index contributed by atoms with van der Waals surface area (Å²) in [4.78, 5) is 8.95. The smallest absolute Gasteiger partial charge is 0.162 e. The van der Waals surface area contributed by atoms with E-state index in [0.29, 0.717) is 22.2 Å². The summed E-state index contributed by atoms with van der Waals surface area (Å²) >= 11 is 6.04. The fraction of sp³-hybridized carbons (Fsp3) is 0.125. The van der Waals surface area contributed by atoms with Crippen LogP contribution in [0.3, 0.4) is 0 Å². The van der Waals surface area contributed by atoms with Gasteiger partial charge in [-0.2, -0.15) is 0 Å². The van der Waals surface area contributed by atoms with Gasteiger partial charge in [0, 0.05) is 29.1 Å². The molecule has 0 fully saturated rings. The molecule has 3 aromatic rings. The van der Waals surface area contributed by atoms with E-state index in [-0.39, 0.29) is 5.82 Å². The van der Waals surface area contributed by atoms with Crippen LogP contribution in [0.15, 0.2) is 36.4 Å². The molecule has 0 amide bonds. The van der Waals surface area contributed by atoms with Gasteiger partial charge in [0.15, 0.2) is 5.82 Å². The zero-order valence-corrected chi connectivity index (χ0v) is 12.4. The van der Waals surface area contributed by atoms with Crippen LogP contribution in [-0.2, 0) is 0 Å². The predicted octanol–water partition coefficient (Wildman–Crippen LogP) is 4.44. The molecule has 1 heterocycles. The molecule has 21 heavy (non-hydrogen) atoms. The van der Waals surface area contributed by atoms with Crippen molar-refractivity contribution in [1.29, 1.82) is 0 Å². The first-order chi connectivity index (χ1) is 10.1. The van der Waals surface area contributed by atoms with Crippen LogP contribution in [0.5, 0.6) is 0 Å². The first-order valence-corrected chi connectivity index (χ1v) is 6.88. The van der Waals surface area contributed by atoms with Crippen LogP contribution in [0.1, 0.15) is 5.56 Å². The van der Waals surface area contributed by atoms with Crippen LogP contribution in [0, 0.1) is 12.7 Å². The molecular weight excluding hydrogens is 289 g/mol. The van der Waals surface area contributed by atoms with Crippen molar-refractivity contribution in [3.05, 3.63) is 52.8 Å². The molecule has 0 radical (unpaired) electrons. The molecule has 0 aliphatic heterocycles. The van der Waals surface area contributed by atoms with Crippen LogP contribution in [0.4, 0.5) is 10.2 Å². The summed E-state index contributed by atoms with van der Waals surface area (Å²) in [6.45, 7) is 1.92. The molecule has 0 saturated carbocycles. The number of hydrogen-bond acceptors (Lipinski definition) is 3. The van der Waals surface area contributed by atoms with E-state index < -0.39 is 0 Å². The Bertz CT molecular complexity index is 833. The summed E-state index contributed by atoms with van der Waals surface area (Å²) in [5, 5.41) is 4.51. The molecule has 0 atom stereocenters. The molecule has 1 N–H and O–H groups in total. The van der Waals surface area contributed by atoms with Crippen molar-refractivity contribution in [3.8, 4) is 11.4 Å². The summed E-state index contributed by atoms with van der Waals surface area (Å²) in [5.74, 6) is 0.890. The van der Waals surface area contributed by atoms with E-state index in [2.05, 4.69) is 15.3 Å². The molecular formula is C16H13ClFN3. The van der Waals surface area contributed by atoms with Crippen molar-refractivity contribution in [2.24, 2.45) is 0 Å². The predicted molar refractivity (Wildman–Crippen MR) is 84.2 cm³/mol. The quantitative estimate of drug-likeness (QED) is 0.760. The summed E-state index contributed by atoms with van der Waals surface area (Å²) < 4.78 is 13.4. The second-order valence-corrected chi connectivity index (χ2v) is 5.18. The largest absolute Gasteiger partial charge is 0.373 e. The molecule has 0 bridgehead atoms. The van der Waals surface area contributed by atoms with Crippen LogP contribution >= 0.6 is 11.6 Å². The normalized spacial score (nSPS) is 10.9. The second-order valence-electron chi connectivity index (χ2n) is 4.77. The summed E-state index contributed by atoms with van der Waals surface area (Å²) in [6, 6.07) is 10.1. The minimum atomic E-state index is -0.318. The Labute approximate surface area is 126 Å². The molecule has 5 heteroatoms. The van der Waals surface area contributed by atoms with Gasteiger partial charge >= 0.3 is 0 Å². The highest BCUT2D eigenvalue weighted by Gasteiger charge is 2.10. The maximum absolute atomic E-state index is 13.4. The third kappa shape index (κ3) is 2.54. The Morgan fingerprint density at radius 3 is 2.62 bits per heavy atom. The van der Waals surface area contributed by atoms with E-state index in [9.17, 15) is 4.39 Å². The van der Waals surface area contributed by atoms with Gasteiger partial charge in [0.2, 0.25) is 0 Å². The molecule has 3 nitrogen and oxygen atoms in total. The fourth-order valence-corrected chi connectivity index (χ4v) is 2.32. The van der Waals surface area contributed by atoms with E-state index in [1.165, 1.54) is 12.1 Å². The van der Waals surface area contributed by atoms with E-state index in [0.717, 1.165) is 16.5 Å². The standard InChI is InChI=1S/C16H13ClFN3/c1-9-7-10(3-6-13(9)17)15-20-14-8-11(18)4-5-12(14)16(19-2)21-15/h3-8H,1-2H3,(H,19,20,21). The molecule has 0 aliphatic rings. The summed E-state index contributed by atoms with van der Waals surface area (Å²) in [6.07, 6.45) is 0. The highest BCUT2D eigenvalue weighted by Crippen LogP contribution is 2.27. The van der Waals surface area contributed by atoms with Crippen molar-refractivity contribution in [3.63, 3.8) is 0 Å². The van der Waals surface area contributed by atoms with Gasteiger partial charge in [-0.15, -0.1) is 0 Å².